The highest BCUT2D eigenvalue weighted by atomic mass is 35.5. The molecule has 0 saturated heterocycles. The van der Waals surface area contributed by atoms with Crippen LogP contribution >= 0.6 is 11.6 Å². The maximum Gasteiger partial charge on any atom is 0.259 e. The molecule has 0 saturated carbocycles. The summed E-state index contributed by atoms with van der Waals surface area (Å²) in [4.78, 5) is 17.1. The van der Waals surface area contributed by atoms with Gasteiger partial charge in [0, 0.05) is 37.0 Å². The molecule has 30 heavy (non-hydrogen) atoms. The van der Waals surface area contributed by atoms with Gasteiger partial charge in [0.25, 0.3) is 5.56 Å². The van der Waals surface area contributed by atoms with Crippen LogP contribution in [-0.4, -0.2) is 16.2 Å². The van der Waals surface area contributed by atoms with Crippen LogP contribution in [-0.2, 0) is 13.0 Å². The zero-order chi connectivity index (χ0) is 20.9. The Morgan fingerprint density at radius 2 is 1.87 bits per heavy atom. The van der Waals surface area contributed by atoms with Gasteiger partial charge in [-0.1, -0.05) is 48.9 Å². The molecule has 0 bridgehead atoms. The number of fused-ring (bicyclic) bond motifs is 1. The van der Waals surface area contributed by atoms with Gasteiger partial charge in [-0.25, -0.2) is 4.98 Å². The largest absolute Gasteiger partial charge is 0.477 e. The van der Waals surface area contributed by atoms with Crippen molar-refractivity contribution in [3.05, 3.63) is 94.0 Å². The Bertz CT molecular complexity index is 1200. The number of hydrogen-bond acceptors (Lipinski definition) is 3. The van der Waals surface area contributed by atoms with Gasteiger partial charge in [0.2, 0.25) is 5.88 Å². The van der Waals surface area contributed by atoms with Crippen molar-refractivity contribution in [2.24, 2.45) is 0 Å². The number of nitrogens with zero attached hydrogens (tertiary/aromatic N) is 2. The standard InChI is InChI=1S/C25H23ClN2O2/c1-2-12-28-13-10-19-15-21(16-22(26)24(19)25(28)29)20-8-9-23(27-17-20)30-14-11-18-6-4-3-5-7-18/h3-10,13,15-17H,2,11-12,14H2,1H3. The van der Waals surface area contributed by atoms with E-state index in [0.717, 1.165) is 29.4 Å². The van der Waals surface area contributed by atoms with E-state index in [1.807, 2.05) is 61.7 Å². The lowest BCUT2D eigenvalue weighted by atomic mass is 10.0. The van der Waals surface area contributed by atoms with Crippen molar-refractivity contribution in [2.45, 2.75) is 26.3 Å². The molecule has 0 aliphatic carbocycles. The number of rotatable bonds is 7. The summed E-state index contributed by atoms with van der Waals surface area (Å²) in [6.45, 7) is 3.30. The van der Waals surface area contributed by atoms with Gasteiger partial charge >= 0.3 is 0 Å². The summed E-state index contributed by atoms with van der Waals surface area (Å²) < 4.78 is 7.47. The van der Waals surface area contributed by atoms with Crippen molar-refractivity contribution >= 4 is 22.4 Å². The molecule has 2 aromatic carbocycles. The number of aromatic nitrogens is 2. The maximum atomic E-state index is 12.7. The van der Waals surface area contributed by atoms with Gasteiger partial charge < -0.3 is 9.30 Å². The number of ether oxygens (including phenoxy) is 1. The first kappa shape index (κ1) is 20.2. The highest BCUT2D eigenvalue weighted by Crippen LogP contribution is 2.29. The van der Waals surface area contributed by atoms with Crippen LogP contribution in [0, 0.1) is 0 Å². The lowest BCUT2D eigenvalue weighted by Gasteiger charge is -2.10. The van der Waals surface area contributed by atoms with E-state index in [2.05, 4.69) is 17.1 Å². The number of hydrogen-bond donors (Lipinski definition) is 0. The molecule has 4 rings (SSSR count). The summed E-state index contributed by atoms with van der Waals surface area (Å²) in [6, 6.07) is 19.8. The first-order chi connectivity index (χ1) is 14.7. The fourth-order valence-electron chi connectivity index (χ4n) is 3.50. The third-order valence-corrected chi connectivity index (χ3v) is 5.35. The number of benzene rings is 2. The Morgan fingerprint density at radius 1 is 1.03 bits per heavy atom. The molecular weight excluding hydrogens is 396 g/mol. The fourth-order valence-corrected chi connectivity index (χ4v) is 3.81. The summed E-state index contributed by atoms with van der Waals surface area (Å²) in [5, 5.41) is 1.85. The zero-order valence-corrected chi connectivity index (χ0v) is 17.6. The Kier molecular flexibility index (Phi) is 6.15. The van der Waals surface area contributed by atoms with E-state index >= 15 is 0 Å². The molecule has 0 amide bonds. The lowest BCUT2D eigenvalue weighted by molar-refractivity contribution is 0.309. The third kappa shape index (κ3) is 4.39. The topological polar surface area (TPSA) is 44.1 Å². The van der Waals surface area contributed by atoms with Gasteiger partial charge in [0.05, 0.1) is 17.0 Å². The first-order valence-electron chi connectivity index (χ1n) is 10.1. The predicted octanol–water partition coefficient (Wildman–Crippen LogP) is 5.75. The minimum Gasteiger partial charge on any atom is -0.477 e. The highest BCUT2D eigenvalue weighted by molar-refractivity contribution is 6.35. The number of pyridine rings is 2. The van der Waals surface area contributed by atoms with E-state index < -0.39 is 0 Å². The minimum atomic E-state index is -0.0498. The maximum absolute atomic E-state index is 12.7. The molecule has 2 aromatic heterocycles. The molecule has 152 valence electrons. The van der Waals surface area contributed by atoms with E-state index in [1.54, 1.807) is 10.8 Å². The normalized spacial score (nSPS) is 11.0. The van der Waals surface area contributed by atoms with E-state index in [1.165, 1.54) is 5.56 Å². The molecule has 2 heterocycles. The van der Waals surface area contributed by atoms with Crippen molar-refractivity contribution in [3.8, 4) is 17.0 Å². The SMILES string of the molecule is CCCn1ccc2cc(-c3ccc(OCCc4ccccc4)nc3)cc(Cl)c2c1=O. The van der Waals surface area contributed by atoms with Crippen LogP contribution < -0.4 is 10.3 Å². The van der Waals surface area contributed by atoms with E-state index in [-0.39, 0.29) is 5.56 Å². The van der Waals surface area contributed by atoms with Crippen LogP contribution in [0.3, 0.4) is 0 Å². The molecule has 0 N–H and O–H groups in total. The Balaban J connectivity index is 1.52. The van der Waals surface area contributed by atoms with Crippen LogP contribution in [0.5, 0.6) is 5.88 Å². The second kappa shape index (κ2) is 9.14. The molecule has 0 radical (unpaired) electrons. The second-order valence-electron chi connectivity index (χ2n) is 7.21. The molecule has 0 unspecified atom stereocenters. The molecule has 0 atom stereocenters. The Labute approximate surface area is 180 Å². The van der Waals surface area contributed by atoms with Gasteiger partial charge in [-0.15, -0.1) is 0 Å². The smallest absolute Gasteiger partial charge is 0.259 e. The van der Waals surface area contributed by atoms with Crippen molar-refractivity contribution in [1.29, 1.82) is 0 Å². The quantitative estimate of drug-likeness (QED) is 0.384. The monoisotopic (exact) mass is 418 g/mol. The van der Waals surface area contributed by atoms with Gasteiger partial charge in [-0.2, -0.15) is 0 Å². The van der Waals surface area contributed by atoms with Gasteiger partial charge in [0.1, 0.15) is 0 Å². The molecular formula is C25H23ClN2O2. The van der Waals surface area contributed by atoms with Gasteiger partial charge in [-0.3, -0.25) is 4.79 Å². The van der Waals surface area contributed by atoms with E-state index in [0.29, 0.717) is 29.4 Å². The average Bonchev–Trinajstić information content (AvgIpc) is 2.77. The Morgan fingerprint density at radius 3 is 2.60 bits per heavy atom. The summed E-state index contributed by atoms with van der Waals surface area (Å²) in [6.07, 6.45) is 5.33. The zero-order valence-electron chi connectivity index (χ0n) is 16.8. The van der Waals surface area contributed by atoms with Crippen molar-refractivity contribution < 1.29 is 4.74 Å². The van der Waals surface area contributed by atoms with Gasteiger partial charge in [-0.05, 0) is 47.2 Å². The van der Waals surface area contributed by atoms with E-state index in [4.69, 9.17) is 16.3 Å². The fraction of sp³-hybridized carbons (Fsp3) is 0.200. The van der Waals surface area contributed by atoms with E-state index in [9.17, 15) is 4.79 Å². The van der Waals surface area contributed by atoms with Crippen molar-refractivity contribution in [1.82, 2.24) is 9.55 Å². The van der Waals surface area contributed by atoms with Crippen LogP contribution in [0.15, 0.2) is 77.9 Å². The summed E-state index contributed by atoms with van der Waals surface area (Å²) in [7, 11) is 0. The first-order valence-corrected chi connectivity index (χ1v) is 10.5. The highest BCUT2D eigenvalue weighted by Gasteiger charge is 2.10. The van der Waals surface area contributed by atoms with Crippen molar-refractivity contribution in [3.63, 3.8) is 0 Å². The van der Waals surface area contributed by atoms with Crippen molar-refractivity contribution in [2.75, 3.05) is 6.61 Å². The van der Waals surface area contributed by atoms with Gasteiger partial charge in [0.15, 0.2) is 0 Å². The number of aryl methyl sites for hydroxylation is 1. The molecule has 5 heteroatoms. The average molecular weight is 419 g/mol. The van der Waals surface area contributed by atoms with Crippen LogP contribution in [0.4, 0.5) is 0 Å². The van der Waals surface area contributed by atoms with Crippen LogP contribution in [0.25, 0.3) is 21.9 Å². The minimum absolute atomic E-state index is 0.0498. The molecule has 0 fully saturated rings. The lowest BCUT2D eigenvalue weighted by Crippen LogP contribution is -2.19. The summed E-state index contributed by atoms with van der Waals surface area (Å²) >= 11 is 6.49. The molecule has 4 nitrogen and oxygen atoms in total. The predicted molar refractivity (Wildman–Crippen MR) is 122 cm³/mol. The molecule has 0 spiro atoms. The molecule has 0 aliphatic rings. The molecule has 4 aromatic rings. The Hall–Kier alpha value is -3.11. The number of halogens is 1. The van der Waals surface area contributed by atoms with Crippen LogP contribution in [0.2, 0.25) is 5.02 Å². The second-order valence-corrected chi connectivity index (χ2v) is 7.61. The molecule has 0 aliphatic heterocycles. The van der Waals surface area contributed by atoms with Crippen LogP contribution in [0.1, 0.15) is 18.9 Å². The third-order valence-electron chi connectivity index (χ3n) is 5.05. The summed E-state index contributed by atoms with van der Waals surface area (Å²) in [5.41, 5.74) is 3.03. The summed E-state index contributed by atoms with van der Waals surface area (Å²) in [5.74, 6) is 0.587.